The number of sulfonamides is 1. The predicted molar refractivity (Wildman–Crippen MR) is 123 cm³/mol. The number of carbonyl (C=O) groups is 1. The number of anilines is 1. The van der Waals surface area contributed by atoms with Gasteiger partial charge in [-0.2, -0.15) is 4.98 Å². The van der Waals surface area contributed by atoms with Gasteiger partial charge in [0.2, 0.25) is 20.9 Å². The number of thiazole rings is 1. The quantitative estimate of drug-likeness (QED) is 0.404. The molecule has 0 fully saturated rings. The smallest absolute Gasteiger partial charge is 0.240 e. The molecule has 1 aromatic carbocycles. The molecule has 3 aromatic heterocycles. The van der Waals surface area contributed by atoms with Crippen molar-refractivity contribution in [3.63, 3.8) is 0 Å². The molecule has 0 aliphatic carbocycles. The topological polar surface area (TPSA) is 105 Å². The van der Waals surface area contributed by atoms with Crippen LogP contribution in [-0.2, 0) is 21.2 Å². The molecule has 0 aliphatic rings. The van der Waals surface area contributed by atoms with Gasteiger partial charge in [-0.05, 0) is 42.1 Å². The summed E-state index contributed by atoms with van der Waals surface area (Å²) in [6, 6.07) is 8.69. The van der Waals surface area contributed by atoms with E-state index in [1.807, 2.05) is 22.9 Å². The van der Waals surface area contributed by atoms with Crippen molar-refractivity contribution < 1.29 is 13.2 Å². The van der Waals surface area contributed by atoms with Crippen molar-refractivity contribution in [1.29, 1.82) is 0 Å². The monoisotopic (exact) mass is 475 g/mol. The maximum atomic E-state index is 12.8. The van der Waals surface area contributed by atoms with Gasteiger partial charge in [0.1, 0.15) is 0 Å². The minimum Gasteiger partial charge on any atom is -0.326 e. The molecule has 11 heteroatoms. The SMILES string of the molecule is CCC(=O)Nc1ccc(S(=O)(=O)NCCc2csc3nc(-c4cccs4)nn23)c(C)c1. The van der Waals surface area contributed by atoms with E-state index in [0.717, 1.165) is 15.5 Å². The Hall–Kier alpha value is -2.60. The minimum atomic E-state index is -3.68. The summed E-state index contributed by atoms with van der Waals surface area (Å²) >= 11 is 3.06. The highest BCUT2D eigenvalue weighted by Crippen LogP contribution is 2.25. The van der Waals surface area contributed by atoms with E-state index >= 15 is 0 Å². The van der Waals surface area contributed by atoms with E-state index in [-0.39, 0.29) is 17.3 Å². The lowest BCUT2D eigenvalue weighted by Gasteiger charge is -2.11. The standard InChI is InChI=1S/C20H21N5O3S3/c1-3-18(26)22-14-6-7-17(13(2)11-14)31(27,28)21-9-8-15-12-30-20-23-19(24-25(15)20)16-5-4-10-29-16/h4-7,10-12,21H,3,8-9H2,1-2H3,(H,22,26). The van der Waals surface area contributed by atoms with Crippen LogP contribution in [0.2, 0.25) is 0 Å². The van der Waals surface area contributed by atoms with Gasteiger partial charge in [0.25, 0.3) is 0 Å². The average molecular weight is 476 g/mol. The van der Waals surface area contributed by atoms with Crippen LogP contribution < -0.4 is 10.0 Å². The van der Waals surface area contributed by atoms with Gasteiger partial charge in [-0.1, -0.05) is 13.0 Å². The summed E-state index contributed by atoms with van der Waals surface area (Å²) in [7, 11) is -3.68. The lowest BCUT2D eigenvalue weighted by atomic mass is 10.2. The van der Waals surface area contributed by atoms with Gasteiger partial charge in [0.15, 0.2) is 5.82 Å². The number of amides is 1. The summed E-state index contributed by atoms with van der Waals surface area (Å²) in [5.74, 6) is 0.556. The van der Waals surface area contributed by atoms with Crippen LogP contribution in [0.25, 0.3) is 15.7 Å². The fourth-order valence-electron chi connectivity index (χ4n) is 3.08. The van der Waals surface area contributed by atoms with E-state index in [1.54, 1.807) is 41.8 Å². The molecule has 0 saturated heterocycles. The Morgan fingerprint density at radius 3 is 2.77 bits per heavy atom. The molecule has 0 radical (unpaired) electrons. The fraction of sp³-hybridized carbons (Fsp3) is 0.250. The third-order valence-electron chi connectivity index (χ3n) is 4.63. The number of carbonyl (C=O) groups excluding carboxylic acids is 1. The van der Waals surface area contributed by atoms with Crippen LogP contribution in [0, 0.1) is 6.92 Å². The maximum Gasteiger partial charge on any atom is 0.240 e. The summed E-state index contributed by atoms with van der Waals surface area (Å²) in [6.45, 7) is 3.70. The molecule has 2 N–H and O–H groups in total. The molecule has 0 bridgehead atoms. The number of thiophene rings is 1. The largest absolute Gasteiger partial charge is 0.326 e. The Bertz CT molecular complexity index is 1320. The zero-order valence-corrected chi connectivity index (χ0v) is 19.4. The maximum absolute atomic E-state index is 12.8. The Balaban J connectivity index is 1.44. The van der Waals surface area contributed by atoms with Crippen molar-refractivity contribution in [1.82, 2.24) is 19.3 Å². The molecule has 1 amide bonds. The van der Waals surface area contributed by atoms with E-state index in [0.29, 0.717) is 29.9 Å². The van der Waals surface area contributed by atoms with E-state index < -0.39 is 10.0 Å². The molecule has 4 aromatic rings. The first-order valence-electron chi connectivity index (χ1n) is 9.64. The van der Waals surface area contributed by atoms with E-state index in [2.05, 4.69) is 20.1 Å². The third kappa shape index (κ3) is 4.69. The molecular weight excluding hydrogens is 454 g/mol. The van der Waals surface area contributed by atoms with Gasteiger partial charge in [0.05, 0.1) is 15.5 Å². The number of aryl methyl sites for hydroxylation is 1. The Morgan fingerprint density at radius 2 is 2.06 bits per heavy atom. The van der Waals surface area contributed by atoms with Crippen LogP contribution in [-0.4, -0.2) is 35.5 Å². The van der Waals surface area contributed by atoms with E-state index in [4.69, 9.17) is 0 Å². The Labute approximate surface area is 188 Å². The normalized spacial score (nSPS) is 11.8. The highest BCUT2D eigenvalue weighted by atomic mass is 32.2. The molecule has 4 rings (SSSR count). The number of hydrogen-bond donors (Lipinski definition) is 2. The molecule has 0 spiro atoms. The second kappa shape index (κ2) is 8.87. The number of nitrogens with one attached hydrogen (secondary N) is 2. The van der Waals surface area contributed by atoms with Crippen molar-refractivity contribution in [2.24, 2.45) is 0 Å². The van der Waals surface area contributed by atoms with Gasteiger partial charge >= 0.3 is 0 Å². The first kappa shape index (κ1) is 21.6. The number of benzene rings is 1. The Morgan fingerprint density at radius 1 is 1.23 bits per heavy atom. The van der Waals surface area contributed by atoms with Gasteiger partial charge in [-0.3, -0.25) is 4.79 Å². The van der Waals surface area contributed by atoms with Crippen LogP contribution in [0.4, 0.5) is 5.69 Å². The zero-order valence-electron chi connectivity index (χ0n) is 17.0. The molecule has 0 atom stereocenters. The molecule has 3 heterocycles. The summed E-state index contributed by atoms with van der Waals surface area (Å²) in [4.78, 5) is 18.0. The lowest BCUT2D eigenvalue weighted by molar-refractivity contribution is -0.115. The number of rotatable bonds is 8. The van der Waals surface area contributed by atoms with Crippen molar-refractivity contribution in [3.8, 4) is 10.7 Å². The molecule has 0 saturated carbocycles. The van der Waals surface area contributed by atoms with Crippen LogP contribution in [0.1, 0.15) is 24.6 Å². The Kier molecular flexibility index (Phi) is 6.19. The minimum absolute atomic E-state index is 0.120. The number of nitrogens with zero attached hydrogens (tertiary/aromatic N) is 3. The molecule has 31 heavy (non-hydrogen) atoms. The van der Waals surface area contributed by atoms with Gasteiger partial charge in [0, 0.05) is 30.5 Å². The summed E-state index contributed by atoms with van der Waals surface area (Å²) < 4.78 is 30.0. The number of hydrogen-bond acceptors (Lipinski definition) is 7. The third-order valence-corrected chi connectivity index (χ3v) is 7.99. The first-order chi connectivity index (χ1) is 14.9. The lowest BCUT2D eigenvalue weighted by Crippen LogP contribution is -2.27. The molecular formula is C20H21N5O3S3. The summed E-state index contributed by atoms with van der Waals surface area (Å²) in [6.07, 6.45) is 0.841. The molecule has 162 valence electrons. The van der Waals surface area contributed by atoms with Crippen molar-refractivity contribution in [2.75, 3.05) is 11.9 Å². The van der Waals surface area contributed by atoms with Crippen molar-refractivity contribution >= 4 is 49.3 Å². The molecule has 0 aliphatic heterocycles. The van der Waals surface area contributed by atoms with E-state index in [1.165, 1.54) is 17.4 Å². The van der Waals surface area contributed by atoms with Crippen LogP contribution in [0.3, 0.4) is 0 Å². The van der Waals surface area contributed by atoms with Crippen LogP contribution >= 0.6 is 22.7 Å². The molecule has 0 unspecified atom stereocenters. The average Bonchev–Trinajstić information content (AvgIpc) is 3.45. The summed E-state index contributed by atoms with van der Waals surface area (Å²) in [5.41, 5.74) is 2.04. The second-order valence-electron chi connectivity index (χ2n) is 6.86. The van der Waals surface area contributed by atoms with Crippen molar-refractivity contribution in [2.45, 2.75) is 31.6 Å². The van der Waals surface area contributed by atoms with Crippen LogP contribution in [0.15, 0.2) is 46.0 Å². The fourth-order valence-corrected chi connectivity index (χ4v) is 5.84. The number of aromatic nitrogens is 3. The van der Waals surface area contributed by atoms with E-state index in [9.17, 15) is 13.2 Å². The summed E-state index contributed by atoms with van der Waals surface area (Å²) in [5, 5.41) is 11.2. The second-order valence-corrected chi connectivity index (χ2v) is 10.4. The zero-order chi connectivity index (χ0) is 22.0. The van der Waals surface area contributed by atoms with Gasteiger partial charge in [-0.15, -0.1) is 27.8 Å². The predicted octanol–water partition coefficient (Wildman–Crippen LogP) is 3.70. The first-order valence-corrected chi connectivity index (χ1v) is 12.9. The van der Waals surface area contributed by atoms with Gasteiger partial charge < -0.3 is 5.32 Å². The molecule has 8 nitrogen and oxygen atoms in total. The van der Waals surface area contributed by atoms with Crippen LogP contribution in [0.5, 0.6) is 0 Å². The highest BCUT2D eigenvalue weighted by molar-refractivity contribution is 7.89. The highest BCUT2D eigenvalue weighted by Gasteiger charge is 2.18. The number of fused-ring (bicyclic) bond motifs is 1. The van der Waals surface area contributed by atoms with Gasteiger partial charge in [-0.25, -0.2) is 17.7 Å². The van der Waals surface area contributed by atoms with Crippen molar-refractivity contribution in [3.05, 3.63) is 52.3 Å².